The number of carbonyl (C=O) groups is 2. The number of rotatable bonds is 7. The maximum atomic E-state index is 12.4. The molecule has 6 heteroatoms. The molecular weight excluding hydrogens is 424 g/mol. The van der Waals surface area contributed by atoms with Crippen LogP contribution in [-0.4, -0.2) is 11.8 Å². The Balaban J connectivity index is 1.29. The zero-order valence-corrected chi connectivity index (χ0v) is 19.1. The van der Waals surface area contributed by atoms with Crippen LogP contribution >= 0.6 is 0 Å². The Morgan fingerprint density at radius 3 is 1.06 bits per heavy atom. The zero-order chi connectivity index (χ0) is 23.9. The largest absolute Gasteiger partial charge is 0.322 e. The van der Waals surface area contributed by atoms with E-state index in [1.54, 1.807) is 24.3 Å². The van der Waals surface area contributed by atoms with E-state index < -0.39 is 0 Å². The van der Waals surface area contributed by atoms with Crippen LogP contribution in [0.1, 0.15) is 31.8 Å². The van der Waals surface area contributed by atoms with Gasteiger partial charge in [0.05, 0.1) is 11.4 Å². The first-order valence-corrected chi connectivity index (χ1v) is 10.9. The third-order valence-electron chi connectivity index (χ3n) is 5.26. The molecule has 0 saturated carbocycles. The molecule has 0 aliphatic rings. The number of amides is 2. The lowest BCUT2D eigenvalue weighted by Gasteiger charge is -2.11. The molecule has 34 heavy (non-hydrogen) atoms. The van der Waals surface area contributed by atoms with E-state index in [1.807, 2.05) is 86.6 Å². The second-order valence-corrected chi connectivity index (χ2v) is 8.04. The number of hydrazine groups is 1. The molecule has 0 aliphatic heterocycles. The SMILES string of the molecule is Cc1ccc(NC(=O)c2ccc(NNc3ccc(C(=O)Nc4ccc(C)cc4)cc3)cc2)cc1. The molecule has 0 spiro atoms. The van der Waals surface area contributed by atoms with Crippen LogP contribution in [0.25, 0.3) is 0 Å². The molecule has 6 nitrogen and oxygen atoms in total. The van der Waals surface area contributed by atoms with Crippen LogP contribution in [0.15, 0.2) is 97.1 Å². The first kappa shape index (κ1) is 22.6. The number of hydrogen-bond donors (Lipinski definition) is 4. The van der Waals surface area contributed by atoms with Crippen molar-refractivity contribution in [3.8, 4) is 0 Å². The summed E-state index contributed by atoms with van der Waals surface area (Å²) in [6.45, 7) is 4.01. The minimum Gasteiger partial charge on any atom is -0.322 e. The number of aryl methyl sites for hydroxylation is 2. The van der Waals surface area contributed by atoms with Crippen LogP contribution in [0.5, 0.6) is 0 Å². The van der Waals surface area contributed by atoms with Gasteiger partial charge in [-0.2, -0.15) is 0 Å². The molecule has 2 amide bonds. The number of hydrogen-bond acceptors (Lipinski definition) is 4. The highest BCUT2D eigenvalue weighted by molar-refractivity contribution is 6.05. The molecule has 4 rings (SSSR count). The molecule has 0 bridgehead atoms. The van der Waals surface area contributed by atoms with Crippen molar-refractivity contribution in [2.24, 2.45) is 0 Å². The van der Waals surface area contributed by atoms with Crippen molar-refractivity contribution in [1.29, 1.82) is 0 Å². The van der Waals surface area contributed by atoms with E-state index in [-0.39, 0.29) is 11.8 Å². The number of anilines is 4. The summed E-state index contributed by atoms with van der Waals surface area (Å²) >= 11 is 0. The highest BCUT2D eigenvalue weighted by Crippen LogP contribution is 2.16. The zero-order valence-electron chi connectivity index (χ0n) is 19.1. The maximum absolute atomic E-state index is 12.4. The van der Waals surface area contributed by atoms with Gasteiger partial charge in [-0.05, 0) is 86.6 Å². The summed E-state index contributed by atoms with van der Waals surface area (Å²) in [6.07, 6.45) is 0. The Morgan fingerprint density at radius 1 is 0.441 bits per heavy atom. The average Bonchev–Trinajstić information content (AvgIpc) is 2.86. The van der Waals surface area contributed by atoms with Gasteiger partial charge < -0.3 is 21.5 Å². The summed E-state index contributed by atoms with van der Waals surface area (Å²) in [7, 11) is 0. The van der Waals surface area contributed by atoms with Gasteiger partial charge in [-0.3, -0.25) is 9.59 Å². The van der Waals surface area contributed by atoms with Crippen LogP contribution in [0, 0.1) is 13.8 Å². The Hall–Kier alpha value is -4.58. The molecule has 0 saturated heterocycles. The van der Waals surface area contributed by atoms with E-state index in [9.17, 15) is 9.59 Å². The van der Waals surface area contributed by atoms with Crippen molar-refractivity contribution in [3.63, 3.8) is 0 Å². The summed E-state index contributed by atoms with van der Waals surface area (Å²) in [5.41, 5.74) is 12.7. The Kier molecular flexibility index (Phi) is 6.89. The molecule has 4 N–H and O–H groups in total. The fourth-order valence-corrected chi connectivity index (χ4v) is 3.23. The number of carbonyl (C=O) groups excluding carboxylic acids is 2. The second kappa shape index (κ2) is 10.4. The standard InChI is InChI=1S/C28H26N4O2/c1-19-3-11-23(12-4-19)29-27(33)21-7-15-25(16-8-21)31-32-26-17-9-22(10-18-26)28(34)30-24-13-5-20(2)6-14-24/h3-18,31-32H,1-2H3,(H,29,33)(H,30,34). The summed E-state index contributed by atoms with van der Waals surface area (Å²) < 4.78 is 0. The molecule has 0 radical (unpaired) electrons. The van der Waals surface area contributed by atoms with Crippen LogP contribution in [0.4, 0.5) is 22.7 Å². The van der Waals surface area contributed by atoms with E-state index in [2.05, 4.69) is 21.5 Å². The van der Waals surface area contributed by atoms with E-state index in [0.717, 1.165) is 33.9 Å². The summed E-state index contributed by atoms with van der Waals surface area (Å²) in [5.74, 6) is -0.328. The van der Waals surface area contributed by atoms with Crippen molar-refractivity contribution in [3.05, 3.63) is 119 Å². The minimum atomic E-state index is -0.164. The van der Waals surface area contributed by atoms with Crippen LogP contribution < -0.4 is 21.5 Å². The lowest BCUT2D eigenvalue weighted by atomic mass is 10.1. The smallest absolute Gasteiger partial charge is 0.255 e. The van der Waals surface area contributed by atoms with Crippen molar-refractivity contribution in [2.45, 2.75) is 13.8 Å². The summed E-state index contributed by atoms with van der Waals surface area (Å²) in [6, 6.07) is 29.6. The monoisotopic (exact) mass is 450 g/mol. The van der Waals surface area contributed by atoms with Gasteiger partial charge in [0.15, 0.2) is 0 Å². The Labute approximate surface area is 199 Å². The van der Waals surface area contributed by atoms with E-state index in [4.69, 9.17) is 0 Å². The fourth-order valence-electron chi connectivity index (χ4n) is 3.23. The molecule has 4 aromatic rings. The Morgan fingerprint density at radius 2 is 0.735 bits per heavy atom. The first-order valence-electron chi connectivity index (χ1n) is 10.9. The van der Waals surface area contributed by atoms with Crippen LogP contribution in [0.3, 0.4) is 0 Å². The van der Waals surface area contributed by atoms with Crippen molar-refractivity contribution in [1.82, 2.24) is 0 Å². The third kappa shape index (κ3) is 6.01. The lowest BCUT2D eigenvalue weighted by Crippen LogP contribution is -2.13. The third-order valence-corrected chi connectivity index (χ3v) is 5.26. The number of nitrogens with one attached hydrogen (secondary N) is 4. The van der Waals surface area contributed by atoms with Crippen molar-refractivity contribution in [2.75, 3.05) is 21.5 Å². The van der Waals surface area contributed by atoms with Gasteiger partial charge in [0.25, 0.3) is 11.8 Å². The lowest BCUT2D eigenvalue weighted by molar-refractivity contribution is 0.101. The van der Waals surface area contributed by atoms with Gasteiger partial charge in [-0.25, -0.2) is 0 Å². The van der Waals surface area contributed by atoms with Gasteiger partial charge in [0, 0.05) is 22.5 Å². The van der Waals surface area contributed by atoms with Crippen molar-refractivity contribution >= 4 is 34.6 Å². The first-order chi connectivity index (χ1) is 16.5. The Bertz CT molecular complexity index is 1160. The number of benzene rings is 4. The van der Waals surface area contributed by atoms with Gasteiger partial charge in [-0.15, -0.1) is 0 Å². The molecule has 0 aliphatic carbocycles. The molecule has 0 aromatic heterocycles. The molecule has 0 unspecified atom stereocenters. The molecule has 0 heterocycles. The van der Waals surface area contributed by atoms with Crippen LogP contribution in [-0.2, 0) is 0 Å². The molecule has 4 aromatic carbocycles. The molecular formula is C28H26N4O2. The second-order valence-electron chi connectivity index (χ2n) is 8.04. The maximum Gasteiger partial charge on any atom is 0.255 e. The highest BCUT2D eigenvalue weighted by atomic mass is 16.2. The molecule has 0 fully saturated rings. The molecule has 0 atom stereocenters. The van der Waals surface area contributed by atoms with E-state index >= 15 is 0 Å². The van der Waals surface area contributed by atoms with Gasteiger partial charge in [-0.1, -0.05) is 35.4 Å². The fraction of sp³-hybridized carbons (Fsp3) is 0.0714. The van der Waals surface area contributed by atoms with E-state index in [1.165, 1.54) is 0 Å². The quantitative estimate of drug-likeness (QED) is 0.251. The predicted molar refractivity (Wildman–Crippen MR) is 138 cm³/mol. The van der Waals surface area contributed by atoms with Gasteiger partial charge in [0.1, 0.15) is 0 Å². The average molecular weight is 451 g/mol. The van der Waals surface area contributed by atoms with Gasteiger partial charge >= 0.3 is 0 Å². The normalized spacial score (nSPS) is 10.3. The topological polar surface area (TPSA) is 82.3 Å². The molecule has 170 valence electrons. The van der Waals surface area contributed by atoms with Crippen LogP contribution in [0.2, 0.25) is 0 Å². The highest BCUT2D eigenvalue weighted by Gasteiger charge is 2.07. The van der Waals surface area contributed by atoms with Crippen molar-refractivity contribution < 1.29 is 9.59 Å². The summed E-state index contributed by atoms with van der Waals surface area (Å²) in [4.78, 5) is 24.9. The predicted octanol–water partition coefficient (Wildman–Crippen LogP) is 6.25. The minimum absolute atomic E-state index is 0.164. The van der Waals surface area contributed by atoms with E-state index in [0.29, 0.717) is 11.1 Å². The van der Waals surface area contributed by atoms with Gasteiger partial charge in [0.2, 0.25) is 0 Å². The summed E-state index contributed by atoms with van der Waals surface area (Å²) in [5, 5.41) is 5.77.